The minimum atomic E-state index is 0.0615. The molecule has 0 amide bonds. The highest BCUT2D eigenvalue weighted by Crippen LogP contribution is 2.42. The summed E-state index contributed by atoms with van der Waals surface area (Å²) in [5.41, 5.74) is 5.12. The number of aromatic amines is 1. The van der Waals surface area contributed by atoms with E-state index in [-0.39, 0.29) is 5.41 Å². The summed E-state index contributed by atoms with van der Waals surface area (Å²) in [5, 5.41) is 7.72. The van der Waals surface area contributed by atoms with Gasteiger partial charge in [0, 0.05) is 22.2 Å². The highest BCUT2D eigenvalue weighted by atomic mass is 35.5. The lowest BCUT2D eigenvalue weighted by molar-refractivity contribution is 0.213. The summed E-state index contributed by atoms with van der Waals surface area (Å²) >= 11 is 6.13. The summed E-state index contributed by atoms with van der Waals surface area (Å²) in [7, 11) is 2.20. The summed E-state index contributed by atoms with van der Waals surface area (Å²) in [6, 6.07) is 17.4. The van der Waals surface area contributed by atoms with Gasteiger partial charge in [-0.15, -0.1) is 0 Å². The van der Waals surface area contributed by atoms with E-state index in [0.29, 0.717) is 0 Å². The van der Waals surface area contributed by atoms with Crippen molar-refractivity contribution in [1.82, 2.24) is 15.1 Å². The lowest BCUT2D eigenvalue weighted by atomic mass is 9.68. The molecule has 0 aliphatic carbocycles. The van der Waals surface area contributed by atoms with Gasteiger partial charge >= 0.3 is 0 Å². The van der Waals surface area contributed by atoms with Gasteiger partial charge in [-0.2, -0.15) is 5.10 Å². The number of nitrogens with zero attached hydrogens (tertiary/aromatic N) is 2. The number of halogens is 1. The first-order chi connectivity index (χ1) is 12.2. The maximum absolute atomic E-state index is 6.13. The van der Waals surface area contributed by atoms with E-state index in [9.17, 15) is 0 Å². The normalized spacial score (nSPS) is 17.5. The molecule has 4 heteroatoms. The minimum absolute atomic E-state index is 0.0615. The van der Waals surface area contributed by atoms with E-state index in [1.807, 2.05) is 24.5 Å². The zero-order valence-corrected chi connectivity index (χ0v) is 15.1. The van der Waals surface area contributed by atoms with Gasteiger partial charge in [0.25, 0.3) is 0 Å². The average Bonchev–Trinajstić information content (AvgIpc) is 3.18. The van der Waals surface area contributed by atoms with Crippen LogP contribution in [0.4, 0.5) is 0 Å². The number of hydrogen-bond acceptors (Lipinski definition) is 2. The van der Waals surface area contributed by atoms with Crippen molar-refractivity contribution in [2.24, 2.45) is 0 Å². The van der Waals surface area contributed by atoms with Crippen molar-refractivity contribution in [3.05, 3.63) is 77.1 Å². The van der Waals surface area contributed by atoms with Gasteiger partial charge in [-0.1, -0.05) is 48.0 Å². The van der Waals surface area contributed by atoms with E-state index in [1.165, 1.54) is 16.7 Å². The Hall–Kier alpha value is -2.10. The molecule has 1 aliphatic heterocycles. The molecule has 2 heterocycles. The number of benzene rings is 2. The Balaban J connectivity index is 1.74. The third-order valence-electron chi connectivity index (χ3n) is 5.51. The van der Waals surface area contributed by atoms with Crippen molar-refractivity contribution in [3.8, 4) is 11.1 Å². The molecule has 128 valence electrons. The summed E-state index contributed by atoms with van der Waals surface area (Å²) in [5.74, 6) is 0. The van der Waals surface area contributed by atoms with E-state index in [4.69, 9.17) is 11.6 Å². The lowest BCUT2D eigenvalue weighted by Crippen LogP contribution is -2.41. The van der Waals surface area contributed by atoms with Crippen LogP contribution in [0.15, 0.2) is 60.9 Å². The van der Waals surface area contributed by atoms with Gasteiger partial charge in [-0.3, -0.25) is 5.10 Å². The summed E-state index contributed by atoms with van der Waals surface area (Å²) in [6.45, 7) is 2.21. The molecule has 1 saturated heterocycles. The summed E-state index contributed by atoms with van der Waals surface area (Å²) < 4.78 is 0. The molecule has 0 saturated carbocycles. The first kappa shape index (κ1) is 16.4. The third-order valence-corrected chi connectivity index (χ3v) is 5.76. The molecule has 0 bridgehead atoms. The number of H-pyrrole nitrogens is 1. The summed E-state index contributed by atoms with van der Waals surface area (Å²) in [4.78, 5) is 2.41. The Bertz CT molecular complexity index is 815. The Labute approximate surface area is 153 Å². The molecule has 3 nitrogen and oxygen atoms in total. The SMILES string of the molecule is CN1CCC(c2ccc(Cl)cc2)(c2ccc(-c3cn[nH]c3)cc2)CC1. The van der Waals surface area contributed by atoms with Gasteiger partial charge in [0.05, 0.1) is 6.20 Å². The first-order valence-electron chi connectivity index (χ1n) is 8.72. The Morgan fingerprint density at radius 2 is 1.52 bits per heavy atom. The predicted molar refractivity (Wildman–Crippen MR) is 103 cm³/mol. The average molecular weight is 352 g/mol. The number of rotatable bonds is 3. The Kier molecular flexibility index (Phi) is 4.36. The fourth-order valence-electron chi connectivity index (χ4n) is 3.90. The van der Waals surface area contributed by atoms with Crippen LogP contribution in [-0.4, -0.2) is 35.2 Å². The van der Waals surface area contributed by atoms with Crippen molar-refractivity contribution < 1.29 is 0 Å². The Morgan fingerprint density at radius 1 is 0.920 bits per heavy atom. The molecule has 0 spiro atoms. The molecule has 25 heavy (non-hydrogen) atoms. The fraction of sp³-hybridized carbons (Fsp3) is 0.286. The monoisotopic (exact) mass is 351 g/mol. The highest BCUT2D eigenvalue weighted by Gasteiger charge is 2.37. The van der Waals surface area contributed by atoms with Gasteiger partial charge < -0.3 is 4.90 Å². The molecule has 1 fully saturated rings. The number of aromatic nitrogens is 2. The number of nitrogens with one attached hydrogen (secondary N) is 1. The Morgan fingerprint density at radius 3 is 2.08 bits per heavy atom. The van der Waals surface area contributed by atoms with E-state index >= 15 is 0 Å². The topological polar surface area (TPSA) is 31.9 Å². The number of piperidine rings is 1. The van der Waals surface area contributed by atoms with Crippen molar-refractivity contribution in [1.29, 1.82) is 0 Å². The lowest BCUT2D eigenvalue weighted by Gasteiger charge is -2.42. The predicted octanol–water partition coefficient (Wildman–Crippen LogP) is 4.74. The van der Waals surface area contributed by atoms with Crippen molar-refractivity contribution in [3.63, 3.8) is 0 Å². The second-order valence-corrected chi connectivity index (χ2v) is 7.39. The van der Waals surface area contributed by atoms with Crippen molar-refractivity contribution >= 4 is 11.6 Å². The van der Waals surface area contributed by atoms with Gasteiger partial charge in [0.2, 0.25) is 0 Å². The van der Waals surface area contributed by atoms with Crippen LogP contribution < -0.4 is 0 Å². The number of likely N-dealkylation sites (tertiary alicyclic amines) is 1. The number of hydrogen-bond donors (Lipinski definition) is 1. The first-order valence-corrected chi connectivity index (χ1v) is 9.09. The molecular formula is C21H22ClN3. The van der Waals surface area contributed by atoms with Crippen molar-refractivity contribution in [2.45, 2.75) is 18.3 Å². The van der Waals surface area contributed by atoms with E-state index < -0.39 is 0 Å². The molecule has 2 aromatic carbocycles. The van der Waals surface area contributed by atoms with Crippen molar-refractivity contribution in [2.75, 3.05) is 20.1 Å². The fourth-order valence-corrected chi connectivity index (χ4v) is 4.03. The largest absolute Gasteiger partial charge is 0.306 e. The minimum Gasteiger partial charge on any atom is -0.306 e. The zero-order valence-electron chi connectivity index (χ0n) is 14.4. The van der Waals surface area contributed by atoms with Crippen LogP contribution in [-0.2, 0) is 5.41 Å². The summed E-state index contributed by atoms with van der Waals surface area (Å²) in [6.07, 6.45) is 6.03. The van der Waals surface area contributed by atoms with Gasteiger partial charge in [0.15, 0.2) is 0 Å². The van der Waals surface area contributed by atoms with Gasteiger partial charge in [-0.25, -0.2) is 0 Å². The maximum Gasteiger partial charge on any atom is 0.0565 e. The van der Waals surface area contributed by atoms with E-state index in [0.717, 1.165) is 36.5 Å². The molecular weight excluding hydrogens is 330 g/mol. The molecule has 1 aliphatic rings. The molecule has 1 N–H and O–H groups in total. The van der Waals surface area contributed by atoms with Crippen LogP contribution in [0.5, 0.6) is 0 Å². The van der Waals surface area contributed by atoms with Crippen LogP contribution in [0.1, 0.15) is 24.0 Å². The standard InChI is InChI=1S/C21H22ClN3/c1-25-12-10-21(11-13-25,19-6-8-20(22)9-7-19)18-4-2-16(3-5-18)17-14-23-24-15-17/h2-9,14-15H,10-13H2,1H3,(H,23,24). The molecule has 0 radical (unpaired) electrons. The second kappa shape index (κ2) is 6.66. The van der Waals surface area contributed by atoms with Crippen LogP contribution in [0.3, 0.4) is 0 Å². The molecule has 3 aromatic rings. The molecule has 1 aromatic heterocycles. The molecule has 4 rings (SSSR count). The van der Waals surface area contributed by atoms with Gasteiger partial charge in [0.1, 0.15) is 0 Å². The van der Waals surface area contributed by atoms with Crippen LogP contribution in [0, 0.1) is 0 Å². The quantitative estimate of drug-likeness (QED) is 0.739. The van der Waals surface area contributed by atoms with E-state index in [2.05, 4.69) is 58.5 Å². The van der Waals surface area contributed by atoms with Crippen LogP contribution >= 0.6 is 11.6 Å². The van der Waals surface area contributed by atoms with E-state index in [1.54, 1.807) is 0 Å². The molecule has 0 unspecified atom stereocenters. The maximum atomic E-state index is 6.13. The zero-order chi connectivity index (χ0) is 17.3. The smallest absolute Gasteiger partial charge is 0.0565 e. The highest BCUT2D eigenvalue weighted by molar-refractivity contribution is 6.30. The molecule has 0 atom stereocenters. The third kappa shape index (κ3) is 3.10. The van der Waals surface area contributed by atoms with Crippen LogP contribution in [0.25, 0.3) is 11.1 Å². The second-order valence-electron chi connectivity index (χ2n) is 6.96. The van der Waals surface area contributed by atoms with Crippen LogP contribution in [0.2, 0.25) is 5.02 Å². The van der Waals surface area contributed by atoms with Gasteiger partial charge in [-0.05, 0) is 61.8 Å².